The molecule has 15 heavy (non-hydrogen) atoms. The minimum atomic E-state index is -3.24. The zero-order valence-electron chi connectivity index (χ0n) is 8.82. The molecule has 0 unspecified atom stereocenters. The molecule has 2 N–H and O–H groups in total. The molecule has 6 heteroatoms. The Morgan fingerprint density at radius 1 is 1.53 bits per heavy atom. The Morgan fingerprint density at radius 2 is 2.20 bits per heavy atom. The Kier molecular flexibility index (Phi) is 7.25. The Balaban J connectivity index is 0.000000336. The second kappa shape index (κ2) is 7.59. The van der Waals surface area contributed by atoms with Crippen LogP contribution in [0.5, 0.6) is 0 Å². The average Bonchev–Trinajstić information content (AvgIpc) is 2.19. The van der Waals surface area contributed by atoms with E-state index in [1.807, 2.05) is 0 Å². The monoisotopic (exact) mass is 235 g/mol. The first-order chi connectivity index (χ1) is 7.08. The zero-order valence-corrected chi connectivity index (χ0v) is 9.64. The fraction of sp³-hybridized carbons (Fsp3) is 0.778. The highest BCUT2D eigenvalue weighted by atomic mass is 32.2. The molecule has 1 heterocycles. The van der Waals surface area contributed by atoms with Crippen LogP contribution in [0.25, 0.3) is 0 Å². The summed E-state index contributed by atoms with van der Waals surface area (Å²) in [5, 5.41) is 10.8. The van der Waals surface area contributed by atoms with Gasteiger partial charge in [0.1, 0.15) is 10.8 Å². The summed E-state index contributed by atoms with van der Waals surface area (Å²) in [5.74, 6) is 1.42. The van der Waals surface area contributed by atoms with E-state index in [0.29, 0.717) is 13.2 Å². The Labute approximate surface area is 90.1 Å². The van der Waals surface area contributed by atoms with Crippen molar-refractivity contribution in [2.45, 2.75) is 19.8 Å². The SMILES string of the molecule is CCCCO.O=C=C1CNCCS1(=O)=O. The number of rotatable bonds is 2. The van der Waals surface area contributed by atoms with Crippen molar-refractivity contribution in [2.24, 2.45) is 0 Å². The standard InChI is InChI=1S/C5H7NO3S.C4H10O/c7-4-5-3-6-1-2-10(5,8)9;1-2-3-4-5/h6H,1-3H2;5H,2-4H2,1H3. The topological polar surface area (TPSA) is 83.5 Å². The van der Waals surface area contributed by atoms with Crippen LogP contribution in [0.2, 0.25) is 0 Å². The highest BCUT2D eigenvalue weighted by Crippen LogP contribution is 2.05. The van der Waals surface area contributed by atoms with Gasteiger partial charge in [-0.05, 0) is 6.42 Å². The van der Waals surface area contributed by atoms with Crippen molar-refractivity contribution in [3.05, 3.63) is 4.91 Å². The molecular weight excluding hydrogens is 218 g/mol. The summed E-state index contributed by atoms with van der Waals surface area (Å²) in [7, 11) is -3.24. The second-order valence-corrected chi connectivity index (χ2v) is 5.23. The fourth-order valence-electron chi connectivity index (χ4n) is 0.899. The van der Waals surface area contributed by atoms with Crippen molar-refractivity contribution in [1.82, 2.24) is 5.32 Å². The lowest BCUT2D eigenvalue weighted by atomic mass is 10.4. The summed E-state index contributed by atoms with van der Waals surface area (Å²) in [4.78, 5) is 9.84. The van der Waals surface area contributed by atoms with Crippen LogP contribution in [0, 0.1) is 0 Å². The number of unbranched alkanes of at least 4 members (excludes halogenated alkanes) is 1. The molecule has 0 aromatic carbocycles. The number of sulfone groups is 1. The van der Waals surface area contributed by atoms with Crippen molar-refractivity contribution in [3.63, 3.8) is 0 Å². The minimum absolute atomic E-state index is 0.0115. The van der Waals surface area contributed by atoms with Crippen LogP contribution in [-0.2, 0) is 14.6 Å². The molecule has 0 atom stereocenters. The van der Waals surface area contributed by atoms with Gasteiger partial charge in [0, 0.05) is 19.7 Å². The van der Waals surface area contributed by atoms with Crippen LogP contribution in [0.15, 0.2) is 4.91 Å². The van der Waals surface area contributed by atoms with E-state index < -0.39 is 9.84 Å². The first-order valence-corrected chi connectivity index (χ1v) is 6.52. The van der Waals surface area contributed by atoms with Crippen LogP contribution in [0.1, 0.15) is 19.8 Å². The summed E-state index contributed by atoms with van der Waals surface area (Å²) in [6.07, 6.45) is 2.04. The lowest BCUT2D eigenvalue weighted by Crippen LogP contribution is -2.34. The number of hydrogen-bond acceptors (Lipinski definition) is 5. The van der Waals surface area contributed by atoms with Crippen LogP contribution < -0.4 is 5.32 Å². The van der Waals surface area contributed by atoms with Gasteiger partial charge in [0.25, 0.3) is 0 Å². The highest BCUT2D eigenvalue weighted by Gasteiger charge is 2.22. The number of carbonyl (C=O) groups excluding carboxylic acids is 1. The molecule has 0 bridgehead atoms. The minimum Gasteiger partial charge on any atom is -0.396 e. The van der Waals surface area contributed by atoms with Crippen molar-refractivity contribution >= 4 is 15.8 Å². The molecular formula is C9H17NO4S. The van der Waals surface area contributed by atoms with Gasteiger partial charge in [0.05, 0.1) is 5.75 Å². The van der Waals surface area contributed by atoms with Crippen molar-refractivity contribution in [1.29, 1.82) is 0 Å². The first-order valence-electron chi connectivity index (χ1n) is 4.86. The summed E-state index contributed by atoms with van der Waals surface area (Å²) in [5.41, 5.74) is 0. The molecule has 0 saturated carbocycles. The Hall–Kier alpha value is -0.680. The molecule has 1 saturated heterocycles. The third kappa shape index (κ3) is 5.69. The van der Waals surface area contributed by atoms with Crippen LogP contribution in [0.3, 0.4) is 0 Å². The molecule has 1 aliphatic heterocycles. The van der Waals surface area contributed by atoms with Crippen molar-refractivity contribution < 1.29 is 18.3 Å². The molecule has 0 spiro atoms. The molecule has 1 fully saturated rings. The molecule has 0 aliphatic carbocycles. The maximum atomic E-state index is 10.9. The molecule has 1 rings (SSSR count). The van der Waals surface area contributed by atoms with Gasteiger partial charge in [0.2, 0.25) is 0 Å². The maximum Gasteiger partial charge on any atom is 0.187 e. The molecule has 0 amide bonds. The first kappa shape index (κ1) is 14.3. The van der Waals surface area contributed by atoms with Crippen molar-refractivity contribution in [2.75, 3.05) is 25.4 Å². The van der Waals surface area contributed by atoms with E-state index in [0.717, 1.165) is 12.8 Å². The smallest absolute Gasteiger partial charge is 0.187 e. The quantitative estimate of drug-likeness (QED) is 0.630. The number of hydrogen-bond donors (Lipinski definition) is 2. The van der Waals surface area contributed by atoms with Crippen LogP contribution >= 0.6 is 0 Å². The Bertz CT molecular complexity index is 315. The van der Waals surface area contributed by atoms with Gasteiger partial charge in [-0.1, -0.05) is 13.3 Å². The predicted molar refractivity (Wildman–Crippen MR) is 57.9 cm³/mol. The molecule has 0 radical (unpaired) electrons. The lowest BCUT2D eigenvalue weighted by Gasteiger charge is -2.12. The number of aliphatic hydroxyl groups excluding tert-OH is 1. The second-order valence-electron chi connectivity index (χ2n) is 3.10. The fourth-order valence-corrected chi connectivity index (χ4v) is 2.01. The summed E-state index contributed by atoms with van der Waals surface area (Å²) in [6.45, 7) is 2.95. The van der Waals surface area contributed by atoms with E-state index in [-0.39, 0.29) is 17.2 Å². The highest BCUT2D eigenvalue weighted by molar-refractivity contribution is 7.95. The summed E-state index contributed by atoms with van der Waals surface area (Å²) >= 11 is 0. The molecule has 88 valence electrons. The van der Waals surface area contributed by atoms with Gasteiger partial charge in [0.15, 0.2) is 9.84 Å². The molecule has 0 aromatic rings. The van der Waals surface area contributed by atoms with Crippen LogP contribution in [0.4, 0.5) is 0 Å². The molecule has 0 aromatic heterocycles. The normalized spacial score (nSPS) is 18.7. The largest absolute Gasteiger partial charge is 0.396 e. The van der Waals surface area contributed by atoms with E-state index in [9.17, 15) is 13.2 Å². The van der Waals surface area contributed by atoms with E-state index in [2.05, 4.69) is 12.2 Å². The summed E-state index contributed by atoms with van der Waals surface area (Å²) < 4.78 is 21.7. The number of aliphatic hydroxyl groups is 1. The average molecular weight is 235 g/mol. The van der Waals surface area contributed by atoms with E-state index in [4.69, 9.17) is 5.11 Å². The van der Waals surface area contributed by atoms with Gasteiger partial charge < -0.3 is 10.4 Å². The van der Waals surface area contributed by atoms with Gasteiger partial charge in [-0.3, -0.25) is 0 Å². The van der Waals surface area contributed by atoms with Crippen molar-refractivity contribution in [3.8, 4) is 0 Å². The maximum absolute atomic E-state index is 10.9. The molecule has 1 aliphatic rings. The van der Waals surface area contributed by atoms with Gasteiger partial charge in [-0.2, -0.15) is 0 Å². The van der Waals surface area contributed by atoms with E-state index in [1.165, 1.54) is 5.94 Å². The predicted octanol–water partition coefficient (Wildman–Crippen LogP) is -0.501. The third-order valence-corrected chi connectivity index (χ3v) is 3.55. The number of nitrogens with one attached hydrogen (secondary N) is 1. The Morgan fingerprint density at radius 3 is 2.47 bits per heavy atom. The van der Waals surface area contributed by atoms with Gasteiger partial charge in [-0.15, -0.1) is 0 Å². The van der Waals surface area contributed by atoms with Gasteiger partial charge in [-0.25, -0.2) is 13.2 Å². The zero-order chi connectivity index (χ0) is 11.7. The van der Waals surface area contributed by atoms with E-state index >= 15 is 0 Å². The van der Waals surface area contributed by atoms with E-state index in [1.54, 1.807) is 0 Å². The summed E-state index contributed by atoms with van der Waals surface area (Å²) in [6, 6.07) is 0. The van der Waals surface area contributed by atoms with Gasteiger partial charge >= 0.3 is 0 Å². The third-order valence-electron chi connectivity index (χ3n) is 1.83. The lowest BCUT2D eigenvalue weighted by molar-refractivity contribution is 0.287. The van der Waals surface area contributed by atoms with Crippen LogP contribution in [-0.4, -0.2) is 44.9 Å². The molecule has 5 nitrogen and oxygen atoms in total.